The Kier molecular flexibility index (Phi) is 6.10. The smallest absolute Gasteiger partial charge is 0.293 e. The van der Waals surface area contributed by atoms with Gasteiger partial charge in [-0.05, 0) is 47.0 Å². The van der Waals surface area contributed by atoms with E-state index in [1.165, 1.54) is 11.3 Å². The molecule has 152 valence electrons. The molecule has 1 N–H and O–H groups in total. The number of imide groups is 1. The summed E-state index contributed by atoms with van der Waals surface area (Å²) < 4.78 is 1.71. The van der Waals surface area contributed by atoms with Crippen molar-refractivity contribution in [3.63, 3.8) is 0 Å². The molecule has 0 aliphatic carbocycles. The second-order valence-corrected chi connectivity index (χ2v) is 8.48. The van der Waals surface area contributed by atoms with Gasteiger partial charge < -0.3 is 5.32 Å². The van der Waals surface area contributed by atoms with Crippen molar-refractivity contribution in [1.29, 1.82) is 0 Å². The zero-order valence-corrected chi connectivity index (χ0v) is 17.5. The number of thiophene rings is 1. The quantitative estimate of drug-likeness (QED) is 0.572. The third kappa shape index (κ3) is 4.69. The Hall–Kier alpha value is -3.17. The van der Waals surface area contributed by atoms with Crippen LogP contribution in [0.25, 0.3) is 11.8 Å². The van der Waals surface area contributed by atoms with Crippen LogP contribution in [0.3, 0.4) is 0 Å². The number of thioether (sulfide) groups is 1. The maximum Gasteiger partial charge on any atom is 0.293 e. The van der Waals surface area contributed by atoms with E-state index in [-0.39, 0.29) is 36.6 Å². The van der Waals surface area contributed by atoms with Crippen LogP contribution in [-0.2, 0) is 16.0 Å². The highest BCUT2D eigenvalue weighted by Crippen LogP contribution is 2.32. The summed E-state index contributed by atoms with van der Waals surface area (Å²) in [6.45, 7) is 0.345. The number of nitrogens with zero attached hydrogens (tertiary/aromatic N) is 3. The highest BCUT2D eigenvalue weighted by atomic mass is 32.2. The molecular weight excluding hydrogens is 420 g/mol. The van der Waals surface area contributed by atoms with Gasteiger partial charge in [0.05, 0.1) is 23.2 Å². The van der Waals surface area contributed by atoms with Gasteiger partial charge in [-0.3, -0.25) is 19.3 Å². The Morgan fingerprint density at radius 1 is 1.13 bits per heavy atom. The predicted molar refractivity (Wildman–Crippen MR) is 117 cm³/mol. The van der Waals surface area contributed by atoms with Crippen molar-refractivity contribution in [2.24, 2.45) is 0 Å². The SMILES string of the molecule is O=C(Cc1cnn(-c2ccccc2)c1)NCCN1C(=O)S/C(=C\c2cccs2)C1=O. The summed E-state index contributed by atoms with van der Waals surface area (Å²) in [7, 11) is 0. The first-order valence-corrected chi connectivity index (χ1v) is 10.9. The number of aromatic nitrogens is 2. The molecule has 7 nitrogen and oxygen atoms in total. The topological polar surface area (TPSA) is 84.3 Å². The number of para-hydroxylation sites is 1. The van der Waals surface area contributed by atoms with Crippen LogP contribution in [0.15, 0.2) is 65.1 Å². The largest absolute Gasteiger partial charge is 0.354 e. The fraction of sp³-hybridized carbons (Fsp3) is 0.143. The van der Waals surface area contributed by atoms with Crippen molar-refractivity contribution < 1.29 is 14.4 Å². The molecule has 30 heavy (non-hydrogen) atoms. The van der Waals surface area contributed by atoms with Gasteiger partial charge in [0.1, 0.15) is 0 Å². The number of hydrogen-bond donors (Lipinski definition) is 1. The fourth-order valence-electron chi connectivity index (χ4n) is 2.92. The van der Waals surface area contributed by atoms with Crippen LogP contribution in [0.2, 0.25) is 0 Å². The normalized spacial score (nSPS) is 15.2. The van der Waals surface area contributed by atoms with Crippen LogP contribution in [0.5, 0.6) is 0 Å². The van der Waals surface area contributed by atoms with E-state index in [9.17, 15) is 14.4 Å². The van der Waals surface area contributed by atoms with E-state index in [2.05, 4.69) is 10.4 Å². The zero-order chi connectivity index (χ0) is 20.9. The number of carbonyl (C=O) groups is 3. The van der Waals surface area contributed by atoms with Gasteiger partial charge in [0, 0.05) is 24.2 Å². The Bertz CT molecular complexity index is 1090. The molecule has 1 aliphatic rings. The molecule has 3 heterocycles. The summed E-state index contributed by atoms with van der Waals surface area (Å²) in [6, 6.07) is 13.4. The van der Waals surface area contributed by atoms with Crippen LogP contribution in [0, 0.1) is 0 Å². The first-order chi connectivity index (χ1) is 14.6. The van der Waals surface area contributed by atoms with E-state index in [0.717, 1.165) is 32.8 Å². The minimum absolute atomic E-state index is 0.140. The summed E-state index contributed by atoms with van der Waals surface area (Å²) in [4.78, 5) is 39.3. The van der Waals surface area contributed by atoms with Gasteiger partial charge in [-0.25, -0.2) is 4.68 Å². The Morgan fingerprint density at radius 3 is 2.73 bits per heavy atom. The summed E-state index contributed by atoms with van der Waals surface area (Å²) in [5, 5.41) is 8.63. The number of rotatable bonds is 7. The van der Waals surface area contributed by atoms with E-state index in [0.29, 0.717) is 4.91 Å². The Balaban J connectivity index is 1.27. The van der Waals surface area contributed by atoms with E-state index in [1.807, 2.05) is 47.8 Å². The van der Waals surface area contributed by atoms with Gasteiger partial charge in [0.25, 0.3) is 11.1 Å². The number of carbonyl (C=O) groups excluding carboxylic acids is 3. The second-order valence-electron chi connectivity index (χ2n) is 6.50. The van der Waals surface area contributed by atoms with E-state index >= 15 is 0 Å². The molecule has 1 aliphatic heterocycles. The number of amides is 3. The molecule has 1 aromatic carbocycles. The molecule has 1 saturated heterocycles. The molecule has 0 unspecified atom stereocenters. The maximum atomic E-state index is 12.4. The van der Waals surface area contributed by atoms with Gasteiger partial charge in [0.15, 0.2) is 0 Å². The summed E-state index contributed by atoms with van der Waals surface area (Å²) in [6.07, 6.45) is 5.35. The van der Waals surface area contributed by atoms with Crippen LogP contribution in [0.1, 0.15) is 10.4 Å². The Labute approximate surface area is 181 Å². The Morgan fingerprint density at radius 2 is 1.97 bits per heavy atom. The van der Waals surface area contributed by atoms with Gasteiger partial charge >= 0.3 is 0 Å². The highest BCUT2D eigenvalue weighted by molar-refractivity contribution is 8.18. The first-order valence-electron chi connectivity index (χ1n) is 9.25. The summed E-state index contributed by atoms with van der Waals surface area (Å²) in [5.74, 6) is -0.513. The van der Waals surface area contributed by atoms with Crippen LogP contribution in [-0.4, -0.2) is 44.8 Å². The molecule has 1 fully saturated rings. The molecule has 0 saturated carbocycles. The minimum atomic E-state index is -0.322. The third-order valence-electron chi connectivity index (χ3n) is 4.37. The van der Waals surface area contributed by atoms with Crippen molar-refractivity contribution in [3.05, 3.63) is 75.6 Å². The van der Waals surface area contributed by atoms with Crippen molar-refractivity contribution in [2.75, 3.05) is 13.1 Å². The number of hydrogen-bond acceptors (Lipinski definition) is 6. The van der Waals surface area contributed by atoms with Gasteiger partial charge in [0.2, 0.25) is 5.91 Å². The molecule has 3 aromatic rings. The van der Waals surface area contributed by atoms with Crippen molar-refractivity contribution in [3.8, 4) is 5.69 Å². The van der Waals surface area contributed by atoms with Crippen molar-refractivity contribution >= 4 is 46.2 Å². The average molecular weight is 439 g/mol. The standard InChI is InChI=1S/C21H18N4O3S2/c26-19(11-15-13-23-25(14-15)16-5-2-1-3-6-16)22-8-9-24-20(27)18(30-21(24)28)12-17-7-4-10-29-17/h1-7,10,12-14H,8-9,11H2,(H,22,26)/b18-12-. The zero-order valence-electron chi connectivity index (χ0n) is 15.9. The summed E-state index contributed by atoms with van der Waals surface area (Å²) in [5.41, 5.74) is 1.69. The fourth-order valence-corrected chi connectivity index (χ4v) is 4.51. The highest BCUT2D eigenvalue weighted by Gasteiger charge is 2.34. The number of nitrogens with one attached hydrogen (secondary N) is 1. The molecule has 0 atom stereocenters. The average Bonchev–Trinajstić information content (AvgIpc) is 3.47. The lowest BCUT2D eigenvalue weighted by atomic mass is 10.2. The molecule has 4 rings (SSSR count). The predicted octanol–water partition coefficient (Wildman–Crippen LogP) is 3.33. The van der Waals surface area contributed by atoms with Crippen LogP contribution >= 0.6 is 23.1 Å². The van der Waals surface area contributed by atoms with E-state index in [1.54, 1.807) is 23.2 Å². The second kappa shape index (κ2) is 9.10. The third-order valence-corrected chi connectivity index (χ3v) is 6.10. The molecule has 0 radical (unpaired) electrons. The first kappa shape index (κ1) is 20.1. The molecule has 9 heteroatoms. The lowest BCUT2D eigenvalue weighted by Gasteiger charge is -2.12. The van der Waals surface area contributed by atoms with Crippen LogP contribution < -0.4 is 5.32 Å². The molecule has 2 aromatic heterocycles. The maximum absolute atomic E-state index is 12.4. The molecule has 3 amide bonds. The minimum Gasteiger partial charge on any atom is -0.354 e. The van der Waals surface area contributed by atoms with Gasteiger partial charge in [-0.15, -0.1) is 11.3 Å². The number of benzene rings is 1. The molecule has 0 bridgehead atoms. The van der Waals surface area contributed by atoms with E-state index in [4.69, 9.17) is 0 Å². The van der Waals surface area contributed by atoms with Crippen LogP contribution in [0.4, 0.5) is 4.79 Å². The molecular formula is C21H18N4O3S2. The van der Waals surface area contributed by atoms with E-state index < -0.39 is 0 Å². The van der Waals surface area contributed by atoms with Gasteiger partial charge in [-0.1, -0.05) is 24.3 Å². The lowest BCUT2D eigenvalue weighted by molar-refractivity contribution is -0.124. The monoisotopic (exact) mass is 438 g/mol. The molecule has 0 spiro atoms. The van der Waals surface area contributed by atoms with Gasteiger partial charge in [-0.2, -0.15) is 5.10 Å². The van der Waals surface area contributed by atoms with Crippen molar-refractivity contribution in [2.45, 2.75) is 6.42 Å². The van der Waals surface area contributed by atoms with Crippen molar-refractivity contribution in [1.82, 2.24) is 20.0 Å². The lowest BCUT2D eigenvalue weighted by Crippen LogP contribution is -2.37. The summed E-state index contributed by atoms with van der Waals surface area (Å²) >= 11 is 2.43.